The van der Waals surface area contributed by atoms with E-state index >= 15 is 0 Å². The third kappa shape index (κ3) is 4.05. The van der Waals surface area contributed by atoms with Crippen molar-refractivity contribution >= 4 is 23.6 Å². The number of benzene rings is 3. The molecule has 0 aliphatic heterocycles. The van der Waals surface area contributed by atoms with E-state index in [1.54, 1.807) is 0 Å². The van der Waals surface area contributed by atoms with Crippen LogP contribution in [-0.4, -0.2) is 8.07 Å². The maximum Gasteiger partial charge on any atom is -1.00 e. The number of halogens is 3. The number of allylic oxidation sites excluding steroid dienone is 4. The summed E-state index contributed by atoms with van der Waals surface area (Å²) in [5.41, 5.74) is 2.92. The standard InChI is InChI=1S/C25H23Si.3ClH.Ti/c1-20-18-19-21(2)25(20)26(22-12-6-3-7-13-22,23-14-8-4-9-15-23)24-16-10-5-11-17-24;;;;/h3-19H,1-2H3;3*1H;/q;;;;+3/p-3. The molecule has 4 rings (SSSR count). The molecule has 0 aromatic heterocycles. The molecule has 0 bridgehead atoms. The minimum absolute atomic E-state index is 0. The molecule has 0 heterocycles. The van der Waals surface area contributed by atoms with Gasteiger partial charge in [-0.15, -0.1) is 0 Å². The van der Waals surface area contributed by atoms with Crippen LogP contribution in [0.3, 0.4) is 0 Å². The molecule has 0 amide bonds. The predicted octanol–water partition coefficient (Wildman–Crippen LogP) is -4.68. The Morgan fingerprint density at radius 2 is 0.800 bits per heavy atom. The Labute approximate surface area is 211 Å². The van der Waals surface area contributed by atoms with Crippen LogP contribution in [0.15, 0.2) is 114 Å². The molecule has 5 heteroatoms. The first-order valence-corrected chi connectivity index (χ1v) is 12.2. The van der Waals surface area contributed by atoms with Crippen molar-refractivity contribution < 1.29 is 57.7 Å². The van der Waals surface area contributed by atoms with Gasteiger partial charge in [-0.3, -0.25) is 0 Å². The van der Waals surface area contributed by atoms with Crippen molar-refractivity contribution in [3.63, 3.8) is 0 Å². The zero-order chi connectivity index (χ0) is 18.9. The summed E-state index contributed by atoms with van der Waals surface area (Å²) in [6.07, 6.45) is 4.65. The molecule has 0 saturated carbocycles. The molecule has 0 atom stereocenters. The molecule has 0 saturated heterocycles. The van der Waals surface area contributed by atoms with Crippen LogP contribution in [0.4, 0.5) is 0 Å². The van der Waals surface area contributed by atoms with E-state index in [1.807, 2.05) is 0 Å². The third-order valence-corrected chi connectivity index (χ3v) is 14.4. The number of rotatable bonds is 4. The fraction of sp³-hybridized carbons (Fsp3) is 0.120. The molecule has 3 aromatic rings. The van der Waals surface area contributed by atoms with E-state index in [0.717, 1.165) is 0 Å². The Bertz CT molecular complexity index is 888. The van der Waals surface area contributed by atoms with E-state index in [1.165, 1.54) is 26.7 Å². The predicted molar refractivity (Wildman–Crippen MR) is 114 cm³/mol. The van der Waals surface area contributed by atoms with Gasteiger partial charge < -0.3 is 37.2 Å². The summed E-state index contributed by atoms with van der Waals surface area (Å²) in [7, 11) is -2.38. The van der Waals surface area contributed by atoms with E-state index in [9.17, 15) is 0 Å². The maximum absolute atomic E-state index is 2.47. The van der Waals surface area contributed by atoms with Gasteiger partial charge in [-0.1, -0.05) is 0 Å². The zero-order valence-corrected chi connectivity index (χ0v) is 21.8. The minimum atomic E-state index is -2.38. The average Bonchev–Trinajstić information content (AvgIpc) is 2.99. The SMILES string of the molecule is CC1=CC=C(C)[C]1([Ti+3])[Si](c1ccccc1)(c1ccccc1)c1ccccc1.[Cl-].[Cl-].[Cl-]. The van der Waals surface area contributed by atoms with Gasteiger partial charge in [0.15, 0.2) is 0 Å². The normalized spacial score (nSPS) is 14.4. The largest absolute Gasteiger partial charge is 1.00 e. The summed E-state index contributed by atoms with van der Waals surface area (Å²) in [6, 6.07) is 33.6. The van der Waals surface area contributed by atoms with Crippen LogP contribution in [0.2, 0.25) is 3.34 Å². The number of hydrogen-bond acceptors (Lipinski definition) is 0. The third-order valence-electron chi connectivity index (χ3n) is 5.95. The minimum Gasteiger partial charge on any atom is -1.00 e. The van der Waals surface area contributed by atoms with Crippen LogP contribution in [0.5, 0.6) is 0 Å². The maximum atomic E-state index is 2.47. The molecule has 0 N–H and O–H groups in total. The first-order valence-electron chi connectivity index (χ1n) is 9.39. The molecule has 152 valence electrons. The second-order valence-electron chi connectivity index (χ2n) is 7.30. The number of hydrogen-bond donors (Lipinski definition) is 0. The van der Waals surface area contributed by atoms with Crippen LogP contribution < -0.4 is 52.8 Å². The van der Waals surface area contributed by atoms with E-state index in [0.29, 0.717) is 0 Å². The van der Waals surface area contributed by atoms with Crippen LogP contribution >= 0.6 is 0 Å². The summed E-state index contributed by atoms with van der Waals surface area (Å²) in [4.78, 5) is 0. The molecule has 30 heavy (non-hydrogen) atoms. The van der Waals surface area contributed by atoms with Crippen LogP contribution in [0.1, 0.15) is 13.8 Å². The quantitative estimate of drug-likeness (QED) is 0.247. The van der Waals surface area contributed by atoms with E-state index < -0.39 is 8.07 Å². The van der Waals surface area contributed by atoms with Crippen molar-refractivity contribution in [2.24, 2.45) is 0 Å². The van der Waals surface area contributed by atoms with E-state index in [4.69, 9.17) is 0 Å². The monoisotopic (exact) mass is 504 g/mol. The molecular formula is C25H23Cl3SiTi. The Morgan fingerprint density at radius 3 is 1.07 bits per heavy atom. The van der Waals surface area contributed by atoms with Gasteiger partial charge in [0.25, 0.3) is 0 Å². The molecule has 0 spiro atoms. The molecule has 3 aromatic carbocycles. The van der Waals surface area contributed by atoms with Crippen molar-refractivity contribution in [1.82, 2.24) is 0 Å². The Balaban J connectivity index is 0.00000150. The van der Waals surface area contributed by atoms with Crippen molar-refractivity contribution in [3.05, 3.63) is 114 Å². The van der Waals surface area contributed by atoms with Gasteiger partial charge in [0.2, 0.25) is 0 Å². The van der Waals surface area contributed by atoms with Crippen molar-refractivity contribution in [1.29, 1.82) is 0 Å². The molecule has 0 nitrogen and oxygen atoms in total. The van der Waals surface area contributed by atoms with Crippen LogP contribution in [-0.2, 0) is 20.4 Å². The summed E-state index contributed by atoms with van der Waals surface area (Å²) in [6.45, 7) is 4.62. The Kier molecular flexibility index (Phi) is 9.89. The second kappa shape index (κ2) is 11.0. The molecule has 1 aliphatic carbocycles. The van der Waals surface area contributed by atoms with Gasteiger partial charge in [0.1, 0.15) is 0 Å². The summed E-state index contributed by atoms with van der Waals surface area (Å²) in [5.74, 6) is 0. The van der Waals surface area contributed by atoms with Crippen LogP contribution in [0, 0.1) is 0 Å². The second-order valence-corrected chi connectivity index (χ2v) is 13.2. The summed E-state index contributed by atoms with van der Waals surface area (Å²) < 4.78 is -0.00292. The first kappa shape index (κ1) is 27.0. The van der Waals surface area contributed by atoms with Gasteiger partial charge in [-0.2, -0.15) is 0 Å². The Hall–Kier alpha value is -1.06. The topological polar surface area (TPSA) is 0 Å². The van der Waals surface area contributed by atoms with Gasteiger partial charge >= 0.3 is 176 Å². The fourth-order valence-electron chi connectivity index (χ4n) is 4.62. The molecule has 1 aliphatic rings. The summed E-state index contributed by atoms with van der Waals surface area (Å²) in [5, 5.41) is 4.40. The van der Waals surface area contributed by atoms with Gasteiger partial charge in [0.05, 0.1) is 0 Å². The summed E-state index contributed by atoms with van der Waals surface area (Å²) >= 11 is 2.47. The van der Waals surface area contributed by atoms with Crippen LogP contribution in [0.25, 0.3) is 0 Å². The van der Waals surface area contributed by atoms with Gasteiger partial charge in [-0.05, 0) is 0 Å². The molecule has 0 unspecified atom stereocenters. The van der Waals surface area contributed by atoms with Crippen molar-refractivity contribution in [3.8, 4) is 0 Å². The average molecular weight is 506 g/mol. The Morgan fingerprint density at radius 1 is 0.533 bits per heavy atom. The van der Waals surface area contributed by atoms with E-state index in [2.05, 4.69) is 137 Å². The fourth-order valence-corrected chi connectivity index (χ4v) is 12.6. The van der Waals surface area contributed by atoms with Crippen molar-refractivity contribution in [2.45, 2.75) is 17.2 Å². The molecule has 0 fully saturated rings. The van der Waals surface area contributed by atoms with E-state index in [-0.39, 0.29) is 40.6 Å². The molecular weight excluding hydrogens is 483 g/mol. The molecule has 0 radical (unpaired) electrons. The van der Waals surface area contributed by atoms with Gasteiger partial charge in [0, 0.05) is 0 Å². The zero-order valence-electron chi connectivity index (χ0n) is 16.9. The first-order chi connectivity index (χ1) is 13.1. The smallest absolute Gasteiger partial charge is 1.00 e. The van der Waals surface area contributed by atoms with Crippen molar-refractivity contribution in [2.75, 3.05) is 0 Å². The van der Waals surface area contributed by atoms with Gasteiger partial charge in [-0.25, -0.2) is 0 Å².